The van der Waals surface area contributed by atoms with Gasteiger partial charge in [-0.25, -0.2) is 0 Å². The fraction of sp³-hybridized carbons (Fsp3) is 0.975. The van der Waals surface area contributed by atoms with E-state index in [1.165, 1.54) is 213 Å². The number of hydrogen-bond donors (Lipinski definition) is 0. The molecule has 0 aliphatic rings. The lowest BCUT2D eigenvalue weighted by atomic mass is 10.0. The summed E-state index contributed by atoms with van der Waals surface area (Å²) in [6.07, 6.45) is 44.8. The summed E-state index contributed by atoms with van der Waals surface area (Å²) in [6.45, 7) is 8.70. The van der Waals surface area contributed by atoms with Crippen LogP contribution in [0.1, 0.15) is 226 Å². The van der Waals surface area contributed by atoms with E-state index >= 15 is 0 Å². The lowest BCUT2D eigenvalue weighted by Gasteiger charge is -2.27. The molecule has 0 amide bonds. The highest BCUT2D eigenvalue weighted by molar-refractivity contribution is 5.75. The van der Waals surface area contributed by atoms with Gasteiger partial charge in [0.25, 0.3) is 0 Å². The zero-order valence-electron chi connectivity index (χ0n) is 30.4. The Morgan fingerprint density at radius 3 is 0.837 bits per heavy atom. The van der Waals surface area contributed by atoms with Gasteiger partial charge >= 0.3 is 5.97 Å². The summed E-state index contributed by atoms with van der Waals surface area (Å²) in [5, 5.41) is 0. The summed E-state index contributed by atoms with van der Waals surface area (Å²) in [5.41, 5.74) is 0. The SMILES string of the molecule is CCCCCCCCCCCCCCCCCCN(CCCCCCCCCCCCCCCCCC)C(C)C(=O)OC. The van der Waals surface area contributed by atoms with Crippen molar-refractivity contribution in [3.63, 3.8) is 0 Å². The van der Waals surface area contributed by atoms with Crippen molar-refractivity contribution in [3.05, 3.63) is 0 Å². The first-order valence-corrected chi connectivity index (χ1v) is 20.0. The number of ether oxygens (including phenoxy) is 1. The molecule has 258 valence electrons. The molecule has 3 nitrogen and oxygen atoms in total. The first-order valence-electron chi connectivity index (χ1n) is 20.0. The molecule has 3 heteroatoms. The average Bonchev–Trinajstić information content (AvgIpc) is 3.02. The Bertz CT molecular complexity index is 501. The third-order valence-electron chi connectivity index (χ3n) is 9.69. The number of rotatable bonds is 36. The molecular weight excluding hydrogens is 526 g/mol. The molecule has 1 unspecified atom stereocenters. The van der Waals surface area contributed by atoms with Crippen molar-refractivity contribution in [1.29, 1.82) is 0 Å². The summed E-state index contributed by atoms with van der Waals surface area (Å²) in [4.78, 5) is 14.6. The van der Waals surface area contributed by atoms with E-state index in [2.05, 4.69) is 18.7 Å². The molecule has 0 rings (SSSR count). The second-order valence-corrected chi connectivity index (χ2v) is 13.8. The molecule has 0 bridgehead atoms. The largest absolute Gasteiger partial charge is 0.468 e. The van der Waals surface area contributed by atoms with E-state index in [1.807, 2.05) is 6.92 Å². The summed E-state index contributed by atoms with van der Waals surface area (Å²) in [6, 6.07) is -0.113. The standard InChI is InChI=1S/C40H81NO2/c1-5-7-9-11-13-15-17-19-21-23-25-27-29-31-33-35-37-41(39(3)40(42)43-4)38-36-34-32-30-28-26-24-22-20-18-16-14-12-10-8-6-2/h39H,5-38H2,1-4H3. The summed E-state index contributed by atoms with van der Waals surface area (Å²) in [5.74, 6) is -0.0759. The van der Waals surface area contributed by atoms with Gasteiger partial charge < -0.3 is 4.74 Å². The Morgan fingerprint density at radius 1 is 0.419 bits per heavy atom. The molecule has 0 aromatic heterocycles. The molecule has 0 aromatic rings. The number of esters is 1. The first-order chi connectivity index (χ1) is 21.2. The molecule has 0 aromatic carbocycles. The van der Waals surface area contributed by atoms with Crippen LogP contribution in [0.5, 0.6) is 0 Å². The maximum absolute atomic E-state index is 12.2. The number of carbonyl (C=O) groups is 1. The van der Waals surface area contributed by atoms with E-state index < -0.39 is 0 Å². The van der Waals surface area contributed by atoms with Crippen molar-refractivity contribution < 1.29 is 9.53 Å². The van der Waals surface area contributed by atoms with E-state index in [-0.39, 0.29) is 12.0 Å². The molecule has 0 aliphatic heterocycles. The van der Waals surface area contributed by atoms with Crippen molar-refractivity contribution in [2.45, 2.75) is 232 Å². The third-order valence-corrected chi connectivity index (χ3v) is 9.69. The molecule has 0 heterocycles. The number of hydrogen-bond acceptors (Lipinski definition) is 3. The van der Waals surface area contributed by atoms with Gasteiger partial charge in [0, 0.05) is 0 Å². The highest BCUT2D eigenvalue weighted by Gasteiger charge is 2.21. The van der Waals surface area contributed by atoms with Crippen molar-refractivity contribution in [1.82, 2.24) is 4.90 Å². The van der Waals surface area contributed by atoms with Crippen molar-refractivity contribution in [2.24, 2.45) is 0 Å². The Labute approximate surface area is 272 Å². The summed E-state index contributed by atoms with van der Waals surface area (Å²) >= 11 is 0. The monoisotopic (exact) mass is 608 g/mol. The molecule has 0 spiro atoms. The maximum Gasteiger partial charge on any atom is 0.322 e. The van der Waals surface area contributed by atoms with Gasteiger partial charge in [-0.1, -0.05) is 206 Å². The van der Waals surface area contributed by atoms with E-state index in [4.69, 9.17) is 4.74 Å². The van der Waals surface area contributed by atoms with E-state index in [9.17, 15) is 4.79 Å². The lowest BCUT2D eigenvalue weighted by molar-refractivity contribution is -0.146. The van der Waals surface area contributed by atoms with Gasteiger partial charge in [-0.3, -0.25) is 9.69 Å². The van der Waals surface area contributed by atoms with Crippen LogP contribution in [0, 0.1) is 0 Å². The Hall–Kier alpha value is -0.570. The fourth-order valence-corrected chi connectivity index (χ4v) is 6.54. The molecule has 0 radical (unpaired) electrons. The van der Waals surface area contributed by atoms with Crippen molar-refractivity contribution in [2.75, 3.05) is 20.2 Å². The predicted octanol–water partition coefficient (Wildman–Crippen LogP) is 13.4. The van der Waals surface area contributed by atoms with Crippen molar-refractivity contribution >= 4 is 5.97 Å². The highest BCUT2D eigenvalue weighted by Crippen LogP contribution is 2.16. The Kier molecular flexibility index (Phi) is 35.4. The van der Waals surface area contributed by atoms with Crippen LogP contribution in [-0.2, 0) is 9.53 Å². The fourth-order valence-electron chi connectivity index (χ4n) is 6.54. The lowest BCUT2D eigenvalue weighted by Crippen LogP contribution is -2.41. The van der Waals surface area contributed by atoms with Crippen LogP contribution in [0.25, 0.3) is 0 Å². The van der Waals surface area contributed by atoms with Gasteiger partial charge in [-0.05, 0) is 32.9 Å². The minimum atomic E-state index is -0.113. The van der Waals surface area contributed by atoms with Crippen LogP contribution in [0.4, 0.5) is 0 Å². The number of unbranched alkanes of at least 4 members (excludes halogenated alkanes) is 30. The zero-order chi connectivity index (χ0) is 31.5. The van der Waals surface area contributed by atoms with Gasteiger partial charge in [0.15, 0.2) is 0 Å². The summed E-state index contributed by atoms with van der Waals surface area (Å²) in [7, 11) is 1.53. The van der Waals surface area contributed by atoms with Crippen LogP contribution >= 0.6 is 0 Å². The van der Waals surface area contributed by atoms with Gasteiger partial charge in [0.05, 0.1) is 7.11 Å². The molecule has 0 fully saturated rings. The average molecular weight is 608 g/mol. The van der Waals surface area contributed by atoms with Crippen molar-refractivity contribution in [3.8, 4) is 0 Å². The van der Waals surface area contributed by atoms with Crippen LogP contribution in [0.3, 0.4) is 0 Å². The van der Waals surface area contributed by atoms with Gasteiger partial charge in [0.1, 0.15) is 6.04 Å². The molecule has 43 heavy (non-hydrogen) atoms. The number of methoxy groups -OCH3 is 1. The van der Waals surface area contributed by atoms with E-state index in [1.54, 1.807) is 0 Å². The molecule has 0 saturated heterocycles. The molecule has 0 saturated carbocycles. The zero-order valence-corrected chi connectivity index (χ0v) is 30.4. The molecule has 1 atom stereocenters. The smallest absolute Gasteiger partial charge is 0.322 e. The minimum absolute atomic E-state index is 0.0759. The summed E-state index contributed by atoms with van der Waals surface area (Å²) < 4.78 is 5.08. The normalized spacial score (nSPS) is 12.3. The second-order valence-electron chi connectivity index (χ2n) is 13.8. The number of carbonyl (C=O) groups excluding carboxylic acids is 1. The van der Waals surface area contributed by atoms with Gasteiger partial charge in [-0.2, -0.15) is 0 Å². The van der Waals surface area contributed by atoms with Crippen LogP contribution < -0.4 is 0 Å². The maximum atomic E-state index is 12.2. The van der Waals surface area contributed by atoms with Crippen LogP contribution in [-0.4, -0.2) is 37.1 Å². The van der Waals surface area contributed by atoms with Gasteiger partial charge in [-0.15, -0.1) is 0 Å². The Morgan fingerprint density at radius 2 is 0.628 bits per heavy atom. The van der Waals surface area contributed by atoms with Gasteiger partial charge in [0.2, 0.25) is 0 Å². The number of nitrogens with zero attached hydrogens (tertiary/aromatic N) is 1. The topological polar surface area (TPSA) is 29.5 Å². The quantitative estimate of drug-likeness (QED) is 0.0524. The highest BCUT2D eigenvalue weighted by atomic mass is 16.5. The molecule has 0 N–H and O–H groups in total. The van der Waals surface area contributed by atoms with E-state index in [0.717, 1.165) is 13.1 Å². The second kappa shape index (κ2) is 35.9. The molecule has 0 aliphatic carbocycles. The van der Waals surface area contributed by atoms with E-state index in [0.29, 0.717) is 0 Å². The Balaban J connectivity index is 3.69. The van der Waals surface area contributed by atoms with Crippen LogP contribution in [0.2, 0.25) is 0 Å². The minimum Gasteiger partial charge on any atom is -0.468 e. The molecular formula is C40H81NO2. The van der Waals surface area contributed by atoms with Crippen LogP contribution in [0.15, 0.2) is 0 Å². The first kappa shape index (κ1) is 42.4. The third kappa shape index (κ3) is 31.2. The predicted molar refractivity (Wildman–Crippen MR) is 192 cm³/mol.